The molecule has 0 radical (unpaired) electrons. The van der Waals surface area contributed by atoms with Crippen molar-refractivity contribution in [2.45, 2.75) is 13.5 Å². The molecule has 0 bridgehead atoms. The summed E-state index contributed by atoms with van der Waals surface area (Å²) >= 11 is 0. The number of nitrogen functional groups attached to an aromatic ring is 1. The lowest BCUT2D eigenvalue weighted by Gasteiger charge is -2.07. The van der Waals surface area contributed by atoms with Crippen LogP contribution in [0.5, 0.6) is 0 Å². The van der Waals surface area contributed by atoms with E-state index >= 15 is 0 Å². The number of ether oxygens (including phenoxy) is 1. The first kappa shape index (κ1) is 10.6. The second-order valence-corrected chi connectivity index (χ2v) is 3.34. The van der Waals surface area contributed by atoms with Gasteiger partial charge >= 0.3 is 0 Å². The Morgan fingerprint density at radius 2 is 2.25 bits per heavy atom. The Bertz CT molecular complexity index is 494. The maximum Gasteiger partial charge on any atom is 0.158 e. The van der Waals surface area contributed by atoms with Crippen molar-refractivity contribution in [3.63, 3.8) is 0 Å². The molecular formula is C10H13N5O. The number of hydrogen-bond donors (Lipinski definition) is 1. The molecule has 0 aliphatic carbocycles. The summed E-state index contributed by atoms with van der Waals surface area (Å²) in [6.45, 7) is 2.24. The van der Waals surface area contributed by atoms with Crippen molar-refractivity contribution >= 4 is 5.82 Å². The zero-order chi connectivity index (χ0) is 11.5. The molecule has 0 aliphatic rings. The number of rotatable bonds is 3. The van der Waals surface area contributed by atoms with E-state index in [1.807, 2.05) is 17.7 Å². The number of aromatic nitrogens is 4. The van der Waals surface area contributed by atoms with Crippen LogP contribution in [-0.2, 0) is 11.3 Å². The number of anilines is 1. The number of hydrogen-bond acceptors (Lipinski definition) is 5. The maximum atomic E-state index is 5.71. The van der Waals surface area contributed by atoms with Crippen molar-refractivity contribution in [1.29, 1.82) is 0 Å². The number of methoxy groups -OCH3 is 1. The Morgan fingerprint density at radius 1 is 1.44 bits per heavy atom. The van der Waals surface area contributed by atoms with E-state index in [1.54, 1.807) is 19.4 Å². The minimum atomic E-state index is 0.339. The van der Waals surface area contributed by atoms with Crippen molar-refractivity contribution < 1.29 is 4.74 Å². The zero-order valence-electron chi connectivity index (χ0n) is 9.21. The molecule has 0 fully saturated rings. The van der Waals surface area contributed by atoms with Gasteiger partial charge in [-0.05, 0) is 6.92 Å². The maximum absolute atomic E-state index is 5.71. The normalized spacial score (nSPS) is 10.6. The molecule has 0 aromatic carbocycles. The average Bonchev–Trinajstić information content (AvgIpc) is 2.64. The van der Waals surface area contributed by atoms with Crippen LogP contribution in [0.3, 0.4) is 0 Å². The number of imidazole rings is 1. The van der Waals surface area contributed by atoms with Crippen LogP contribution in [0.15, 0.2) is 18.5 Å². The van der Waals surface area contributed by atoms with Gasteiger partial charge in [0.1, 0.15) is 24.1 Å². The van der Waals surface area contributed by atoms with Gasteiger partial charge in [0.15, 0.2) is 5.82 Å². The van der Waals surface area contributed by atoms with Crippen LogP contribution in [0.4, 0.5) is 5.82 Å². The molecule has 16 heavy (non-hydrogen) atoms. The van der Waals surface area contributed by atoms with Crippen LogP contribution in [-0.4, -0.2) is 26.6 Å². The van der Waals surface area contributed by atoms with Gasteiger partial charge in [-0.2, -0.15) is 0 Å². The summed E-state index contributed by atoms with van der Waals surface area (Å²) in [6.07, 6.45) is 3.54. The predicted octanol–water partition coefficient (Wildman–Crippen LogP) is 0.699. The van der Waals surface area contributed by atoms with E-state index in [1.165, 1.54) is 0 Å². The molecule has 0 aliphatic heterocycles. The molecule has 2 aromatic heterocycles. The van der Waals surface area contributed by atoms with E-state index in [9.17, 15) is 0 Å². The van der Waals surface area contributed by atoms with Crippen molar-refractivity contribution in [3.8, 4) is 5.82 Å². The van der Waals surface area contributed by atoms with Gasteiger partial charge in [-0.15, -0.1) is 0 Å². The van der Waals surface area contributed by atoms with Gasteiger partial charge in [0.2, 0.25) is 0 Å². The lowest BCUT2D eigenvalue weighted by atomic mass is 10.4. The Labute approximate surface area is 93.1 Å². The quantitative estimate of drug-likeness (QED) is 0.822. The second kappa shape index (κ2) is 4.28. The molecule has 6 heteroatoms. The summed E-state index contributed by atoms with van der Waals surface area (Å²) in [6, 6.07) is 1.70. The van der Waals surface area contributed by atoms with Gasteiger partial charge in [-0.1, -0.05) is 0 Å². The third kappa shape index (κ3) is 2.01. The molecule has 0 unspecified atom stereocenters. The van der Waals surface area contributed by atoms with Gasteiger partial charge in [0.25, 0.3) is 0 Å². The highest BCUT2D eigenvalue weighted by molar-refractivity contribution is 5.38. The fourth-order valence-corrected chi connectivity index (χ4v) is 1.44. The zero-order valence-corrected chi connectivity index (χ0v) is 9.21. The molecular weight excluding hydrogens is 206 g/mol. The highest BCUT2D eigenvalue weighted by Crippen LogP contribution is 2.11. The first-order valence-electron chi connectivity index (χ1n) is 4.83. The van der Waals surface area contributed by atoms with E-state index < -0.39 is 0 Å². The van der Waals surface area contributed by atoms with Gasteiger partial charge in [-0.25, -0.2) is 15.0 Å². The van der Waals surface area contributed by atoms with Crippen molar-refractivity contribution in [2.24, 2.45) is 0 Å². The third-order valence-corrected chi connectivity index (χ3v) is 2.12. The minimum absolute atomic E-state index is 0.339. The number of nitrogens with zero attached hydrogens (tertiary/aromatic N) is 4. The van der Waals surface area contributed by atoms with E-state index in [-0.39, 0.29) is 0 Å². The molecule has 84 valence electrons. The van der Waals surface area contributed by atoms with Crippen LogP contribution < -0.4 is 5.73 Å². The predicted molar refractivity (Wildman–Crippen MR) is 59.0 cm³/mol. The average molecular weight is 219 g/mol. The summed E-state index contributed by atoms with van der Waals surface area (Å²) in [5.41, 5.74) is 5.71. The van der Waals surface area contributed by atoms with Gasteiger partial charge in [-0.3, -0.25) is 4.57 Å². The van der Waals surface area contributed by atoms with Gasteiger partial charge < -0.3 is 10.5 Å². The SMILES string of the molecule is COCc1nc(N)cc(-n2ccnc2C)n1. The Kier molecular flexibility index (Phi) is 2.82. The summed E-state index contributed by atoms with van der Waals surface area (Å²) in [4.78, 5) is 12.5. The molecule has 0 amide bonds. The summed E-state index contributed by atoms with van der Waals surface area (Å²) in [7, 11) is 1.59. The van der Waals surface area contributed by atoms with E-state index in [0.29, 0.717) is 24.1 Å². The molecule has 6 nitrogen and oxygen atoms in total. The van der Waals surface area contributed by atoms with Crippen LogP contribution in [0.25, 0.3) is 5.82 Å². The molecule has 2 aromatic rings. The van der Waals surface area contributed by atoms with E-state index in [2.05, 4.69) is 15.0 Å². The highest BCUT2D eigenvalue weighted by Gasteiger charge is 2.06. The third-order valence-electron chi connectivity index (χ3n) is 2.12. The molecule has 0 spiro atoms. The first-order chi connectivity index (χ1) is 7.70. The molecule has 0 atom stereocenters. The number of aryl methyl sites for hydroxylation is 1. The van der Waals surface area contributed by atoms with Gasteiger partial charge in [0.05, 0.1) is 0 Å². The second-order valence-electron chi connectivity index (χ2n) is 3.34. The van der Waals surface area contributed by atoms with Crippen molar-refractivity contribution in [2.75, 3.05) is 12.8 Å². The summed E-state index contributed by atoms with van der Waals surface area (Å²) in [5.74, 6) is 2.53. The van der Waals surface area contributed by atoms with Crippen LogP contribution in [0, 0.1) is 6.92 Å². The van der Waals surface area contributed by atoms with Crippen molar-refractivity contribution in [3.05, 3.63) is 30.1 Å². The van der Waals surface area contributed by atoms with Crippen molar-refractivity contribution in [1.82, 2.24) is 19.5 Å². The Balaban J connectivity index is 2.45. The lowest BCUT2D eigenvalue weighted by molar-refractivity contribution is 0.178. The van der Waals surface area contributed by atoms with Crippen LogP contribution >= 0.6 is 0 Å². The molecule has 2 rings (SSSR count). The molecule has 0 saturated carbocycles. The van der Waals surface area contributed by atoms with E-state index in [4.69, 9.17) is 10.5 Å². The fourth-order valence-electron chi connectivity index (χ4n) is 1.44. The minimum Gasteiger partial charge on any atom is -0.384 e. The highest BCUT2D eigenvalue weighted by atomic mass is 16.5. The monoisotopic (exact) mass is 219 g/mol. The summed E-state index contributed by atoms with van der Waals surface area (Å²) < 4.78 is 6.82. The van der Waals surface area contributed by atoms with E-state index in [0.717, 1.165) is 5.82 Å². The standard InChI is InChI=1S/C10H13N5O/c1-7-12-3-4-15(7)10-5-8(11)13-9(14-10)6-16-2/h3-5H,6H2,1-2H3,(H2,11,13,14). The molecule has 2 heterocycles. The van der Waals surface area contributed by atoms with Gasteiger partial charge in [0, 0.05) is 25.6 Å². The molecule has 0 saturated heterocycles. The first-order valence-corrected chi connectivity index (χ1v) is 4.83. The lowest BCUT2D eigenvalue weighted by Crippen LogP contribution is -2.07. The Morgan fingerprint density at radius 3 is 2.88 bits per heavy atom. The molecule has 2 N–H and O–H groups in total. The number of nitrogens with two attached hydrogens (primary N) is 1. The van der Waals surface area contributed by atoms with Crippen LogP contribution in [0.1, 0.15) is 11.6 Å². The Hall–Kier alpha value is -1.95. The summed E-state index contributed by atoms with van der Waals surface area (Å²) in [5, 5.41) is 0. The van der Waals surface area contributed by atoms with Crippen LogP contribution in [0.2, 0.25) is 0 Å². The smallest absolute Gasteiger partial charge is 0.158 e. The topological polar surface area (TPSA) is 78.9 Å². The fraction of sp³-hybridized carbons (Fsp3) is 0.300. The largest absolute Gasteiger partial charge is 0.384 e.